The third kappa shape index (κ3) is 3.40. The van der Waals surface area contributed by atoms with E-state index in [1.807, 2.05) is 13.8 Å². The van der Waals surface area contributed by atoms with Crippen LogP contribution in [0.3, 0.4) is 0 Å². The number of para-hydroxylation sites is 1. The second-order valence-electron chi connectivity index (χ2n) is 6.21. The number of aromatic amines is 1. The molecule has 0 radical (unpaired) electrons. The largest absolute Gasteiger partial charge is 0.309 e. The first-order valence-corrected chi connectivity index (χ1v) is 9.82. The van der Waals surface area contributed by atoms with Crippen LogP contribution in [0.2, 0.25) is 0 Å². The molecule has 1 aromatic heterocycles. The maximum Gasteiger partial charge on any atom is 0.258 e. The zero-order valence-corrected chi connectivity index (χ0v) is 15.8. The monoisotopic (exact) mass is 371 g/mol. The van der Waals surface area contributed by atoms with Gasteiger partial charge in [0.15, 0.2) is 0 Å². The minimum Gasteiger partial charge on any atom is -0.309 e. The zero-order valence-electron chi connectivity index (χ0n) is 15.0. The standard InChI is InChI=1S/C19H21N3O3S/c1-4-22(26(24,25)15-10-9-13(2)14(3)11-15)12-18-20-17-8-6-5-7-16(17)19(23)21-18/h5-11H,4,12H2,1-3H3,(H,20,21,23). The van der Waals surface area contributed by atoms with E-state index in [2.05, 4.69) is 9.97 Å². The molecular weight excluding hydrogens is 350 g/mol. The summed E-state index contributed by atoms with van der Waals surface area (Å²) < 4.78 is 27.3. The van der Waals surface area contributed by atoms with Gasteiger partial charge in [-0.3, -0.25) is 4.79 Å². The molecule has 0 aliphatic rings. The van der Waals surface area contributed by atoms with Gasteiger partial charge in [0, 0.05) is 6.54 Å². The number of hydrogen-bond donors (Lipinski definition) is 1. The summed E-state index contributed by atoms with van der Waals surface area (Å²) in [7, 11) is -3.68. The number of benzene rings is 2. The first-order chi connectivity index (χ1) is 12.3. The number of nitrogens with zero attached hydrogens (tertiary/aromatic N) is 2. The van der Waals surface area contributed by atoms with Crippen LogP contribution in [0.5, 0.6) is 0 Å². The molecule has 3 rings (SSSR count). The maximum atomic E-state index is 13.0. The number of hydrogen-bond acceptors (Lipinski definition) is 4. The van der Waals surface area contributed by atoms with E-state index in [1.165, 1.54) is 4.31 Å². The lowest BCUT2D eigenvalue weighted by Crippen LogP contribution is -2.32. The summed E-state index contributed by atoms with van der Waals surface area (Å²) >= 11 is 0. The molecule has 0 bridgehead atoms. The van der Waals surface area contributed by atoms with Gasteiger partial charge in [0.2, 0.25) is 10.0 Å². The van der Waals surface area contributed by atoms with Crippen molar-refractivity contribution in [1.82, 2.24) is 14.3 Å². The van der Waals surface area contributed by atoms with Crippen molar-refractivity contribution >= 4 is 20.9 Å². The van der Waals surface area contributed by atoms with Gasteiger partial charge in [-0.2, -0.15) is 4.31 Å². The fourth-order valence-corrected chi connectivity index (χ4v) is 4.26. The molecule has 0 saturated heterocycles. The van der Waals surface area contributed by atoms with Gasteiger partial charge in [0.05, 0.1) is 22.3 Å². The Bertz CT molecular complexity index is 1120. The zero-order chi connectivity index (χ0) is 18.9. The summed E-state index contributed by atoms with van der Waals surface area (Å²) in [4.78, 5) is 19.5. The molecule has 6 nitrogen and oxygen atoms in total. The summed E-state index contributed by atoms with van der Waals surface area (Å²) in [5.41, 5.74) is 2.23. The van der Waals surface area contributed by atoms with Crippen LogP contribution < -0.4 is 5.56 Å². The molecule has 2 aromatic carbocycles. The minimum atomic E-state index is -3.68. The molecule has 1 heterocycles. The summed E-state index contributed by atoms with van der Waals surface area (Å²) in [6, 6.07) is 12.1. The van der Waals surface area contributed by atoms with Crippen LogP contribution in [0.4, 0.5) is 0 Å². The van der Waals surface area contributed by atoms with Crippen LogP contribution >= 0.6 is 0 Å². The SMILES string of the molecule is CCN(Cc1nc2ccccc2c(=O)[nH]1)S(=O)(=O)c1ccc(C)c(C)c1. The van der Waals surface area contributed by atoms with E-state index in [0.29, 0.717) is 16.7 Å². The number of aromatic nitrogens is 2. The minimum absolute atomic E-state index is 0.00579. The third-order valence-electron chi connectivity index (χ3n) is 4.46. The van der Waals surface area contributed by atoms with Crippen LogP contribution in [0.1, 0.15) is 23.9 Å². The van der Waals surface area contributed by atoms with Gasteiger partial charge >= 0.3 is 0 Å². The third-order valence-corrected chi connectivity index (χ3v) is 6.37. The van der Waals surface area contributed by atoms with Crippen LogP contribution in [-0.4, -0.2) is 29.2 Å². The van der Waals surface area contributed by atoms with E-state index >= 15 is 0 Å². The van der Waals surface area contributed by atoms with Crippen LogP contribution in [-0.2, 0) is 16.6 Å². The summed E-state index contributed by atoms with van der Waals surface area (Å²) in [6.07, 6.45) is 0. The topological polar surface area (TPSA) is 83.1 Å². The second kappa shape index (κ2) is 7.01. The van der Waals surface area contributed by atoms with Crippen LogP contribution in [0, 0.1) is 13.8 Å². The van der Waals surface area contributed by atoms with Gasteiger partial charge in [-0.15, -0.1) is 0 Å². The van der Waals surface area contributed by atoms with Gasteiger partial charge in [0.1, 0.15) is 5.82 Å². The van der Waals surface area contributed by atoms with E-state index in [0.717, 1.165) is 11.1 Å². The van der Waals surface area contributed by atoms with Crippen molar-refractivity contribution < 1.29 is 8.42 Å². The summed E-state index contributed by atoms with van der Waals surface area (Å²) in [5.74, 6) is 0.322. The highest BCUT2D eigenvalue weighted by Crippen LogP contribution is 2.20. The Morgan fingerprint density at radius 1 is 1.08 bits per heavy atom. The van der Waals surface area contributed by atoms with Crippen molar-refractivity contribution in [1.29, 1.82) is 0 Å². The molecule has 3 aromatic rings. The van der Waals surface area contributed by atoms with Crippen molar-refractivity contribution in [2.75, 3.05) is 6.54 Å². The maximum absolute atomic E-state index is 13.0. The van der Waals surface area contributed by atoms with Gasteiger partial charge in [0.25, 0.3) is 5.56 Å². The molecule has 0 fully saturated rings. The van der Waals surface area contributed by atoms with Crippen molar-refractivity contribution in [3.05, 3.63) is 69.8 Å². The quantitative estimate of drug-likeness (QED) is 0.747. The fourth-order valence-electron chi connectivity index (χ4n) is 2.77. The Kier molecular flexibility index (Phi) is 4.93. The number of nitrogens with one attached hydrogen (secondary N) is 1. The normalized spacial score (nSPS) is 12.0. The van der Waals surface area contributed by atoms with Crippen molar-refractivity contribution in [3.63, 3.8) is 0 Å². The highest BCUT2D eigenvalue weighted by atomic mass is 32.2. The first kappa shape index (κ1) is 18.3. The second-order valence-corrected chi connectivity index (χ2v) is 8.14. The predicted molar refractivity (Wildman–Crippen MR) is 102 cm³/mol. The first-order valence-electron chi connectivity index (χ1n) is 8.38. The molecule has 7 heteroatoms. The number of fused-ring (bicyclic) bond motifs is 1. The van der Waals surface area contributed by atoms with Crippen LogP contribution in [0.15, 0.2) is 52.2 Å². The lowest BCUT2D eigenvalue weighted by atomic mass is 10.1. The number of H-pyrrole nitrogens is 1. The van der Waals surface area contributed by atoms with E-state index in [-0.39, 0.29) is 23.5 Å². The Morgan fingerprint density at radius 2 is 1.81 bits per heavy atom. The van der Waals surface area contributed by atoms with Crippen molar-refractivity contribution in [3.8, 4) is 0 Å². The molecule has 0 saturated carbocycles. The van der Waals surface area contributed by atoms with Gasteiger partial charge in [-0.1, -0.05) is 25.1 Å². The Hall–Kier alpha value is -2.51. The average Bonchev–Trinajstić information content (AvgIpc) is 2.61. The number of rotatable bonds is 5. The molecule has 0 unspecified atom stereocenters. The molecule has 0 aliphatic heterocycles. The smallest absolute Gasteiger partial charge is 0.258 e. The molecule has 0 amide bonds. The van der Waals surface area contributed by atoms with Gasteiger partial charge in [-0.25, -0.2) is 13.4 Å². The average molecular weight is 371 g/mol. The molecule has 0 aliphatic carbocycles. The Balaban J connectivity index is 1.99. The van der Waals surface area contributed by atoms with Crippen LogP contribution in [0.25, 0.3) is 10.9 Å². The Morgan fingerprint density at radius 3 is 2.50 bits per heavy atom. The van der Waals surface area contributed by atoms with Crippen molar-refractivity contribution in [2.24, 2.45) is 0 Å². The van der Waals surface area contributed by atoms with E-state index in [4.69, 9.17) is 0 Å². The Labute approximate surface area is 152 Å². The molecule has 26 heavy (non-hydrogen) atoms. The number of sulfonamides is 1. The van der Waals surface area contributed by atoms with E-state index < -0.39 is 10.0 Å². The molecule has 0 spiro atoms. The molecule has 1 N–H and O–H groups in total. The van der Waals surface area contributed by atoms with Gasteiger partial charge in [-0.05, 0) is 49.2 Å². The summed E-state index contributed by atoms with van der Waals surface area (Å²) in [6.45, 7) is 5.86. The molecule has 0 atom stereocenters. The molecular formula is C19H21N3O3S. The highest BCUT2D eigenvalue weighted by Gasteiger charge is 2.24. The molecule has 136 valence electrons. The summed E-state index contributed by atoms with van der Waals surface area (Å²) in [5, 5.41) is 0.483. The fraction of sp³-hybridized carbons (Fsp3) is 0.263. The van der Waals surface area contributed by atoms with E-state index in [9.17, 15) is 13.2 Å². The van der Waals surface area contributed by atoms with E-state index in [1.54, 1.807) is 49.4 Å². The lowest BCUT2D eigenvalue weighted by molar-refractivity contribution is 0.414. The van der Waals surface area contributed by atoms with Crippen molar-refractivity contribution in [2.45, 2.75) is 32.2 Å². The predicted octanol–water partition coefficient (Wildman–Crippen LogP) is 2.75. The number of aryl methyl sites for hydroxylation is 2. The highest BCUT2D eigenvalue weighted by molar-refractivity contribution is 7.89. The lowest BCUT2D eigenvalue weighted by Gasteiger charge is -2.20. The van der Waals surface area contributed by atoms with Gasteiger partial charge < -0.3 is 4.98 Å².